The zero-order valence-electron chi connectivity index (χ0n) is 15.5. The monoisotopic (exact) mass is 396 g/mol. The fourth-order valence-electron chi connectivity index (χ4n) is 3.48. The summed E-state index contributed by atoms with van der Waals surface area (Å²) >= 11 is 0. The molecule has 0 aromatic rings. The first kappa shape index (κ1) is 24.4. The molecule has 25 heavy (non-hydrogen) atoms. The molecule has 8 heteroatoms. The Balaban J connectivity index is 0.00000288. The van der Waals surface area contributed by atoms with Crippen LogP contribution in [0.15, 0.2) is 0 Å². The van der Waals surface area contributed by atoms with Gasteiger partial charge in [0.25, 0.3) is 0 Å². The van der Waals surface area contributed by atoms with Gasteiger partial charge in [0, 0.05) is 45.2 Å². The number of piperazine rings is 1. The van der Waals surface area contributed by atoms with Gasteiger partial charge in [-0.15, -0.1) is 24.8 Å². The van der Waals surface area contributed by atoms with Crippen LogP contribution in [-0.4, -0.2) is 85.4 Å². The first-order valence-corrected chi connectivity index (χ1v) is 9.06. The van der Waals surface area contributed by atoms with Gasteiger partial charge in [0.15, 0.2) is 0 Å². The molecule has 0 aromatic heterocycles. The Bertz CT molecular complexity index is 404. The topological polar surface area (TPSA) is 55.9 Å². The van der Waals surface area contributed by atoms with Crippen molar-refractivity contribution in [1.82, 2.24) is 20.0 Å². The van der Waals surface area contributed by atoms with Gasteiger partial charge in [0.1, 0.15) is 0 Å². The molecule has 0 aromatic carbocycles. The molecule has 0 aliphatic carbocycles. The second-order valence-corrected chi connectivity index (χ2v) is 6.80. The Morgan fingerprint density at radius 1 is 1.00 bits per heavy atom. The van der Waals surface area contributed by atoms with Gasteiger partial charge in [-0.25, -0.2) is 0 Å². The van der Waals surface area contributed by atoms with E-state index in [0.717, 1.165) is 58.5 Å². The number of rotatable bonds is 6. The van der Waals surface area contributed by atoms with E-state index in [4.69, 9.17) is 0 Å². The van der Waals surface area contributed by atoms with Crippen LogP contribution in [0, 0.1) is 0 Å². The SMILES string of the molecule is CNCCCC(=O)N1CCN(CC(=O)N2CCCCC2C)CC1.Cl.Cl. The minimum atomic E-state index is 0. The zero-order chi connectivity index (χ0) is 16.7. The van der Waals surface area contributed by atoms with Gasteiger partial charge in [0.05, 0.1) is 6.54 Å². The number of halogens is 2. The van der Waals surface area contributed by atoms with Crippen LogP contribution in [0.5, 0.6) is 0 Å². The van der Waals surface area contributed by atoms with Crippen LogP contribution in [-0.2, 0) is 9.59 Å². The number of nitrogens with zero attached hydrogens (tertiary/aromatic N) is 3. The van der Waals surface area contributed by atoms with Gasteiger partial charge < -0.3 is 15.1 Å². The second-order valence-electron chi connectivity index (χ2n) is 6.80. The molecule has 2 amide bonds. The summed E-state index contributed by atoms with van der Waals surface area (Å²) in [4.78, 5) is 30.7. The van der Waals surface area contributed by atoms with Crippen molar-refractivity contribution in [2.24, 2.45) is 0 Å². The predicted octanol–water partition coefficient (Wildman–Crippen LogP) is 1.37. The summed E-state index contributed by atoms with van der Waals surface area (Å²) in [6.45, 7) is 7.57. The highest BCUT2D eigenvalue weighted by atomic mass is 35.5. The Kier molecular flexibility index (Phi) is 12.5. The van der Waals surface area contributed by atoms with E-state index in [1.807, 2.05) is 16.8 Å². The van der Waals surface area contributed by atoms with Gasteiger partial charge >= 0.3 is 0 Å². The first-order valence-electron chi connectivity index (χ1n) is 9.06. The molecule has 1 N–H and O–H groups in total. The first-order chi connectivity index (χ1) is 11.1. The maximum absolute atomic E-state index is 12.5. The third-order valence-corrected chi connectivity index (χ3v) is 5.02. The summed E-state index contributed by atoms with van der Waals surface area (Å²) < 4.78 is 0. The molecule has 2 fully saturated rings. The number of likely N-dealkylation sites (tertiary alicyclic amines) is 1. The van der Waals surface area contributed by atoms with E-state index in [1.54, 1.807) is 0 Å². The molecular formula is C17H34Cl2N4O2. The van der Waals surface area contributed by atoms with Gasteiger partial charge in [0.2, 0.25) is 11.8 Å². The number of carbonyl (C=O) groups is 2. The average molecular weight is 397 g/mol. The number of hydrogen-bond donors (Lipinski definition) is 1. The average Bonchev–Trinajstić information content (AvgIpc) is 2.56. The van der Waals surface area contributed by atoms with Crippen LogP contribution in [0.4, 0.5) is 0 Å². The molecular weight excluding hydrogens is 363 g/mol. The third kappa shape index (κ3) is 7.69. The summed E-state index contributed by atoms with van der Waals surface area (Å²) in [7, 11) is 1.91. The van der Waals surface area contributed by atoms with Crippen molar-refractivity contribution in [3.8, 4) is 0 Å². The van der Waals surface area contributed by atoms with E-state index in [9.17, 15) is 9.59 Å². The van der Waals surface area contributed by atoms with Crippen molar-refractivity contribution in [1.29, 1.82) is 0 Å². The smallest absolute Gasteiger partial charge is 0.236 e. The molecule has 2 rings (SSSR count). The number of amides is 2. The molecule has 0 radical (unpaired) electrons. The van der Waals surface area contributed by atoms with Gasteiger partial charge in [-0.1, -0.05) is 0 Å². The Morgan fingerprint density at radius 3 is 2.28 bits per heavy atom. The molecule has 1 unspecified atom stereocenters. The maximum atomic E-state index is 12.5. The highest BCUT2D eigenvalue weighted by molar-refractivity contribution is 5.85. The number of hydrogen-bond acceptors (Lipinski definition) is 4. The number of carbonyl (C=O) groups excluding carboxylic acids is 2. The van der Waals surface area contributed by atoms with Crippen LogP contribution in [0.2, 0.25) is 0 Å². The lowest BCUT2D eigenvalue weighted by molar-refractivity contribution is -0.137. The standard InChI is InChI=1S/C17H32N4O2.2ClH/c1-15-6-3-4-9-21(15)17(23)14-19-10-12-20(13-11-19)16(22)7-5-8-18-2;;/h15,18H,3-14H2,1-2H3;2*1H. The molecule has 2 aliphatic rings. The van der Waals surface area contributed by atoms with Crippen LogP contribution < -0.4 is 5.32 Å². The lowest BCUT2D eigenvalue weighted by Crippen LogP contribution is -2.53. The molecule has 2 heterocycles. The molecule has 148 valence electrons. The minimum absolute atomic E-state index is 0. The molecule has 6 nitrogen and oxygen atoms in total. The summed E-state index contributed by atoms with van der Waals surface area (Å²) in [6.07, 6.45) is 5.00. The minimum Gasteiger partial charge on any atom is -0.340 e. The van der Waals surface area contributed by atoms with Crippen molar-refractivity contribution < 1.29 is 9.59 Å². The zero-order valence-corrected chi connectivity index (χ0v) is 17.2. The fourth-order valence-corrected chi connectivity index (χ4v) is 3.48. The Hall–Kier alpha value is -0.560. The van der Waals surface area contributed by atoms with Gasteiger partial charge in [-0.2, -0.15) is 0 Å². The van der Waals surface area contributed by atoms with E-state index in [0.29, 0.717) is 19.0 Å². The van der Waals surface area contributed by atoms with Crippen LogP contribution in [0.1, 0.15) is 39.0 Å². The molecule has 0 saturated carbocycles. The highest BCUT2D eigenvalue weighted by Gasteiger charge is 2.27. The van der Waals surface area contributed by atoms with E-state index in [2.05, 4.69) is 17.1 Å². The molecule has 2 aliphatic heterocycles. The second kappa shape index (κ2) is 12.7. The Morgan fingerprint density at radius 2 is 1.68 bits per heavy atom. The van der Waals surface area contributed by atoms with Crippen molar-refractivity contribution in [2.75, 3.05) is 52.9 Å². The number of piperidine rings is 1. The van der Waals surface area contributed by atoms with E-state index in [-0.39, 0.29) is 36.6 Å². The molecule has 1 atom stereocenters. The van der Waals surface area contributed by atoms with Crippen molar-refractivity contribution in [3.05, 3.63) is 0 Å². The lowest BCUT2D eigenvalue weighted by Gasteiger charge is -2.38. The van der Waals surface area contributed by atoms with Crippen LogP contribution >= 0.6 is 24.8 Å². The summed E-state index contributed by atoms with van der Waals surface area (Å²) in [6, 6.07) is 0.381. The van der Waals surface area contributed by atoms with Crippen LogP contribution in [0.3, 0.4) is 0 Å². The van der Waals surface area contributed by atoms with E-state index < -0.39 is 0 Å². The quantitative estimate of drug-likeness (QED) is 0.688. The highest BCUT2D eigenvalue weighted by Crippen LogP contribution is 2.17. The summed E-state index contributed by atoms with van der Waals surface area (Å²) in [5.41, 5.74) is 0. The summed E-state index contributed by atoms with van der Waals surface area (Å²) in [5, 5.41) is 3.07. The fraction of sp³-hybridized carbons (Fsp3) is 0.882. The molecule has 0 spiro atoms. The van der Waals surface area contributed by atoms with E-state index >= 15 is 0 Å². The molecule has 2 saturated heterocycles. The lowest BCUT2D eigenvalue weighted by atomic mass is 10.0. The van der Waals surface area contributed by atoms with Gasteiger partial charge in [-0.05, 0) is 46.2 Å². The number of nitrogens with one attached hydrogen (secondary N) is 1. The Labute approximate surface area is 164 Å². The maximum Gasteiger partial charge on any atom is 0.236 e. The third-order valence-electron chi connectivity index (χ3n) is 5.02. The van der Waals surface area contributed by atoms with Crippen molar-refractivity contribution >= 4 is 36.6 Å². The van der Waals surface area contributed by atoms with Crippen molar-refractivity contribution in [3.63, 3.8) is 0 Å². The molecule has 0 bridgehead atoms. The summed E-state index contributed by atoms with van der Waals surface area (Å²) in [5.74, 6) is 0.502. The normalized spacial score (nSPS) is 21.3. The van der Waals surface area contributed by atoms with Crippen LogP contribution in [0.25, 0.3) is 0 Å². The van der Waals surface area contributed by atoms with Crippen molar-refractivity contribution in [2.45, 2.75) is 45.1 Å². The van der Waals surface area contributed by atoms with E-state index in [1.165, 1.54) is 6.42 Å². The van der Waals surface area contributed by atoms with Gasteiger partial charge in [-0.3, -0.25) is 14.5 Å². The predicted molar refractivity (Wildman–Crippen MR) is 106 cm³/mol. The largest absolute Gasteiger partial charge is 0.340 e.